The molecule has 0 saturated heterocycles. The Bertz CT molecular complexity index is 1360. The molecule has 4 aromatic rings. The summed E-state index contributed by atoms with van der Waals surface area (Å²) in [5.41, 5.74) is -0.943. The van der Waals surface area contributed by atoms with Crippen LogP contribution in [0.25, 0.3) is 0 Å². The zero-order valence-corrected chi connectivity index (χ0v) is 33.0. The quantitative estimate of drug-likeness (QED) is 0.0824. The molecule has 0 spiro atoms. The monoisotopic (exact) mass is 742 g/mol. The average molecular weight is 743 g/mol. The molecule has 0 unspecified atom stereocenters. The van der Waals surface area contributed by atoms with Gasteiger partial charge in [0, 0.05) is 47.2 Å². The fourth-order valence-electron chi connectivity index (χ4n) is 4.26. The van der Waals surface area contributed by atoms with Crippen molar-refractivity contribution >= 4 is 23.2 Å². The van der Waals surface area contributed by atoms with Crippen LogP contribution in [-0.2, 0) is 31.3 Å². The zero-order valence-electron chi connectivity index (χ0n) is 31.5. The molecule has 0 radical (unpaired) electrons. The van der Waals surface area contributed by atoms with Gasteiger partial charge in [-0.1, -0.05) is 68.2 Å². The van der Waals surface area contributed by atoms with Crippen LogP contribution in [0.5, 0.6) is 0 Å². The fourth-order valence-corrected chi connectivity index (χ4v) is 4.26. The van der Waals surface area contributed by atoms with Crippen molar-refractivity contribution in [2.45, 2.75) is 93.9 Å². The van der Waals surface area contributed by atoms with Gasteiger partial charge in [0.25, 0.3) is 0 Å². The van der Waals surface area contributed by atoms with Crippen molar-refractivity contribution < 1.29 is 48.9 Å². The topological polar surface area (TPSA) is 40.6 Å². The first-order valence-corrected chi connectivity index (χ1v) is 17.4. The number of anilines is 2. The van der Waals surface area contributed by atoms with Crippen LogP contribution in [0, 0.1) is 46.2 Å². The normalized spacial score (nSPS) is 10.6. The van der Waals surface area contributed by atoms with E-state index in [2.05, 4.69) is 0 Å². The summed E-state index contributed by atoms with van der Waals surface area (Å²) >= 11 is 0. The second-order valence-corrected chi connectivity index (χ2v) is 13.0. The Labute approximate surface area is 318 Å². The average Bonchev–Trinajstić information content (AvgIpc) is 3.87. The summed E-state index contributed by atoms with van der Waals surface area (Å²) in [5, 5.41) is 0. The van der Waals surface area contributed by atoms with Gasteiger partial charge in [0.15, 0.2) is 0 Å². The minimum Gasteiger partial charge on any atom is -0.363 e. The largest absolute Gasteiger partial charge is 4.00 e. The number of nitrogens with zero attached hydrogens (tertiary/aromatic N) is 2. The summed E-state index contributed by atoms with van der Waals surface area (Å²) in [6.07, 6.45) is 4.62. The van der Waals surface area contributed by atoms with Gasteiger partial charge in [-0.15, -0.1) is 36.4 Å². The molecule has 0 aliphatic carbocycles. The standard InChI is InChI=1S/2C16H22F2NO.2C5H5.Ti/c2*1-5-7-10-19(15(20)16(3,4)6-2)14-9-8-12(17)11-13(14)18;2*1-2-4-5-3-1;/h2*8-9H,5-7,10H2,1-4H3;2*1-5H;/q4*-1;+4. The summed E-state index contributed by atoms with van der Waals surface area (Å²) in [6, 6.07) is 28.9. The van der Waals surface area contributed by atoms with E-state index in [1.807, 2.05) is 128 Å². The maximum Gasteiger partial charge on any atom is 4.00 e. The Morgan fingerprint density at radius 1 is 0.608 bits per heavy atom. The number of carbonyl (C=O) groups excluding carboxylic acids is 2. The SMILES string of the molecule is CCCCN(C(=O)C(C)(C)CC)c1ccc(F)[c-]c1F.CCCCN(C(=O)C(C)(C)CC)c1ccc(F)[c-]c1F.[Ti+4].c1cc[cH-]c1.c1cc[cH-]c1. The van der Waals surface area contributed by atoms with Crippen molar-refractivity contribution in [2.75, 3.05) is 22.9 Å². The smallest absolute Gasteiger partial charge is 0.363 e. The van der Waals surface area contributed by atoms with E-state index in [9.17, 15) is 27.2 Å². The first kappa shape index (κ1) is 47.5. The Balaban J connectivity index is 0.000000754. The number of unbranched alkanes of at least 4 members (excludes halogenated alkanes) is 2. The van der Waals surface area contributed by atoms with Crippen molar-refractivity contribution in [3.8, 4) is 0 Å². The summed E-state index contributed by atoms with van der Waals surface area (Å²) < 4.78 is 53.7. The molecule has 2 amide bonds. The minimum atomic E-state index is -0.818. The molecule has 4 rings (SSSR count). The van der Waals surface area contributed by atoms with Crippen molar-refractivity contribution in [2.24, 2.45) is 10.8 Å². The summed E-state index contributed by atoms with van der Waals surface area (Å²) in [5.74, 6) is -3.45. The van der Waals surface area contributed by atoms with Crippen LogP contribution in [0.15, 0.2) is 84.9 Å². The first-order chi connectivity index (χ1) is 23.7. The Hall–Kier alpha value is -3.49. The fraction of sp³-hybridized carbons (Fsp3) is 0.429. The van der Waals surface area contributed by atoms with Crippen molar-refractivity contribution in [1.82, 2.24) is 0 Å². The molecule has 51 heavy (non-hydrogen) atoms. The third kappa shape index (κ3) is 16.6. The molecule has 0 aliphatic rings. The van der Waals surface area contributed by atoms with E-state index in [-0.39, 0.29) is 44.9 Å². The maximum atomic E-state index is 13.9. The van der Waals surface area contributed by atoms with Crippen LogP contribution in [0.2, 0.25) is 0 Å². The first-order valence-electron chi connectivity index (χ1n) is 17.4. The van der Waals surface area contributed by atoms with Gasteiger partial charge in [-0.05, 0) is 37.1 Å². The number of rotatable bonds is 12. The summed E-state index contributed by atoms with van der Waals surface area (Å²) in [7, 11) is 0. The number of carbonyl (C=O) groups is 2. The Morgan fingerprint density at radius 2 is 0.922 bits per heavy atom. The minimum absolute atomic E-state index is 0. The molecule has 0 heterocycles. The molecule has 0 aromatic heterocycles. The predicted molar refractivity (Wildman–Crippen MR) is 197 cm³/mol. The van der Waals surface area contributed by atoms with E-state index in [0.29, 0.717) is 25.9 Å². The number of halogens is 4. The molecular formula is C42H54F4N2O2Ti. The number of benzene rings is 2. The molecule has 0 aliphatic heterocycles. The Morgan fingerprint density at radius 3 is 1.14 bits per heavy atom. The molecule has 4 nitrogen and oxygen atoms in total. The molecule has 276 valence electrons. The second-order valence-electron chi connectivity index (χ2n) is 13.0. The van der Waals surface area contributed by atoms with Crippen molar-refractivity contribution in [3.05, 3.63) is 120 Å². The van der Waals surface area contributed by atoms with E-state index < -0.39 is 34.1 Å². The van der Waals surface area contributed by atoms with E-state index in [0.717, 1.165) is 37.8 Å². The molecular weight excluding hydrogens is 688 g/mol. The van der Waals surface area contributed by atoms with Gasteiger partial charge in [-0.25, -0.2) is 41.8 Å². The summed E-state index contributed by atoms with van der Waals surface area (Å²) in [6.45, 7) is 16.0. The van der Waals surface area contributed by atoms with Gasteiger partial charge >= 0.3 is 21.7 Å². The molecule has 0 atom stereocenters. The molecule has 0 bridgehead atoms. The predicted octanol–water partition coefficient (Wildman–Crippen LogP) is 11.5. The van der Waals surface area contributed by atoms with Crippen LogP contribution < -0.4 is 9.80 Å². The van der Waals surface area contributed by atoms with Crippen molar-refractivity contribution in [1.29, 1.82) is 0 Å². The van der Waals surface area contributed by atoms with Crippen molar-refractivity contribution in [3.63, 3.8) is 0 Å². The van der Waals surface area contributed by atoms with Crippen LogP contribution in [0.3, 0.4) is 0 Å². The molecule has 0 fully saturated rings. The second kappa shape index (κ2) is 24.7. The van der Waals surface area contributed by atoms with Gasteiger partial charge in [-0.2, -0.15) is 36.4 Å². The zero-order chi connectivity index (χ0) is 37.7. The van der Waals surface area contributed by atoms with Crippen LogP contribution in [-0.4, -0.2) is 24.9 Å². The van der Waals surface area contributed by atoms with Crippen LogP contribution >= 0.6 is 0 Å². The molecule has 0 saturated carbocycles. The Kier molecular flexibility index (Phi) is 23.0. The van der Waals surface area contributed by atoms with Crippen LogP contribution in [0.1, 0.15) is 93.9 Å². The third-order valence-corrected chi connectivity index (χ3v) is 8.26. The number of amides is 2. The van der Waals surface area contributed by atoms with Crippen LogP contribution in [0.4, 0.5) is 28.9 Å². The van der Waals surface area contributed by atoms with Gasteiger partial charge in [0.2, 0.25) is 11.8 Å². The maximum absolute atomic E-state index is 13.9. The van der Waals surface area contributed by atoms with E-state index in [1.165, 1.54) is 21.9 Å². The van der Waals surface area contributed by atoms with Gasteiger partial charge < -0.3 is 9.80 Å². The van der Waals surface area contributed by atoms with E-state index in [1.54, 1.807) is 0 Å². The molecule has 0 N–H and O–H groups in total. The van der Waals surface area contributed by atoms with Gasteiger partial charge in [0.05, 0.1) is 0 Å². The van der Waals surface area contributed by atoms with Gasteiger partial charge in [0.1, 0.15) is 0 Å². The van der Waals surface area contributed by atoms with E-state index in [4.69, 9.17) is 0 Å². The number of hydrogen-bond donors (Lipinski definition) is 0. The van der Waals surface area contributed by atoms with E-state index >= 15 is 0 Å². The third-order valence-electron chi connectivity index (χ3n) is 8.26. The molecule has 9 heteroatoms. The summed E-state index contributed by atoms with van der Waals surface area (Å²) in [4.78, 5) is 28.0. The molecule has 4 aromatic carbocycles. The number of hydrogen-bond acceptors (Lipinski definition) is 2. The van der Waals surface area contributed by atoms with Gasteiger partial charge in [-0.3, -0.25) is 9.59 Å².